The molecule has 15 heavy (non-hydrogen) atoms. The zero-order valence-corrected chi connectivity index (χ0v) is 9.43. The van der Waals surface area contributed by atoms with E-state index < -0.39 is 0 Å². The van der Waals surface area contributed by atoms with E-state index in [-0.39, 0.29) is 6.10 Å². The largest absolute Gasteiger partial charge is 0.393 e. The highest BCUT2D eigenvalue weighted by atomic mass is 16.3. The standard InChI is InChI=1S/C13H19NO/c1-10-9-14(2)12(8-13(10)15)11-6-4-3-5-7-11/h3-7,10,12-13,15H,8-9H2,1-2H3. The second kappa shape index (κ2) is 4.33. The van der Waals surface area contributed by atoms with E-state index in [4.69, 9.17) is 0 Å². The number of hydrogen-bond acceptors (Lipinski definition) is 2. The van der Waals surface area contributed by atoms with Crippen molar-refractivity contribution in [3.05, 3.63) is 35.9 Å². The van der Waals surface area contributed by atoms with Gasteiger partial charge in [0.15, 0.2) is 0 Å². The molecule has 1 aromatic rings. The number of aliphatic hydroxyl groups excluding tert-OH is 1. The Hall–Kier alpha value is -0.860. The van der Waals surface area contributed by atoms with Crippen LogP contribution in [0.2, 0.25) is 0 Å². The van der Waals surface area contributed by atoms with Gasteiger partial charge in [0.2, 0.25) is 0 Å². The number of benzene rings is 1. The van der Waals surface area contributed by atoms with E-state index in [1.54, 1.807) is 0 Å². The third-order valence-corrected chi connectivity index (χ3v) is 3.41. The van der Waals surface area contributed by atoms with Crippen molar-refractivity contribution in [2.75, 3.05) is 13.6 Å². The molecule has 0 amide bonds. The minimum Gasteiger partial charge on any atom is -0.393 e. The third-order valence-electron chi connectivity index (χ3n) is 3.41. The lowest BCUT2D eigenvalue weighted by molar-refractivity contribution is 0.0111. The minimum absolute atomic E-state index is 0.161. The fourth-order valence-corrected chi connectivity index (χ4v) is 2.41. The maximum atomic E-state index is 9.90. The first kappa shape index (κ1) is 10.7. The first-order chi connectivity index (χ1) is 7.18. The molecule has 0 spiro atoms. The van der Waals surface area contributed by atoms with Crippen molar-refractivity contribution in [2.24, 2.45) is 5.92 Å². The van der Waals surface area contributed by atoms with Gasteiger partial charge in [-0.15, -0.1) is 0 Å². The summed E-state index contributed by atoms with van der Waals surface area (Å²) in [5, 5.41) is 9.90. The van der Waals surface area contributed by atoms with Crippen molar-refractivity contribution in [1.29, 1.82) is 0 Å². The summed E-state index contributed by atoms with van der Waals surface area (Å²) in [5.41, 5.74) is 1.31. The van der Waals surface area contributed by atoms with Crippen LogP contribution in [0.25, 0.3) is 0 Å². The van der Waals surface area contributed by atoms with Crippen LogP contribution in [-0.2, 0) is 0 Å². The van der Waals surface area contributed by atoms with E-state index in [9.17, 15) is 5.11 Å². The molecule has 0 radical (unpaired) electrons. The van der Waals surface area contributed by atoms with Crippen LogP contribution in [0.1, 0.15) is 24.9 Å². The summed E-state index contributed by atoms with van der Waals surface area (Å²) in [6.45, 7) is 3.09. The van der Waals surface area contributed by atoms with Crippen LogP contribution in [0.5, 0.6) is 0 Å². The first-order valence-electron chi connectivity index (χ1n) is 5.61. The van der Waals surface area contributed by atoms with E-state index in [0.29, 0.717) is 12.0 Å². The topological polar surface area (TPSA) is 23.5 Å². The predicted octanol–water partition coefficient (Wildman–Crippen LogP) is 2.06. The van der Waals surface area contributed by atoms with Crippen LogP contribution in [-0.4, -0.2) is 29.7 Å². The molecule has 3 unspecified atom stereocenters. The highest BCUT2D eigenvalue weighted by Crippen LogP contribution is 2.31. The molecule has 1 aliphatic heterocycles. The maximum absolute atomic E-state index is 9.90. The smallest absolute Gasteiger partial charge is 0.0596 e. The summed E-state index contributed by atoms with van der Waals surface area (Å²) in [6, 6.07) is 10.8. The number of rotatable bonds is 1. The molecule has 0 aromatic heterocycles. The molecule has 0 saturated carbocycles. The molecular formula is C13H19NO. The molecule has 1 heterocycles. The number of likely N-dealkylation sites (tertiary alicyclic amines) is 1. The summed E-state index contributed by atoms with van der Waals surface area (Å²) in [4.78, 5) is 2.34. The van der Waals surface area contributed by atoms with E-state index >= 15 is 0 Å². The van der Waals surface area contributed by atoms with Crippen LogP contribution in [0.3, 0.4) is 0 Å². The molecule has 0 aliphatic carbocycles. The lowest BCUT2D eigenvalue weighted by Crippen LogP contribution is -2.41. The minimum atomic E-state index is -0.161. The summed E-state index contributed by atoms with van der Waals surface area (Å²) in [5.74, 6) is 0.384. The lowest BCUT2D eigenvalue weighted by Gasteiger charge is -2.39. The quantitative estimate of drug-likeness (QED) is 0.758. The molecule has 1 N–H and O–H groups in total. The Morgan fingerprint density at radius 1 is 1.27 bits per heavy atom. The molecule has 2 nitrogen and oxygen atoms in total. The van der Waals surface area contributed by atoms with Crippen LogP contribution >= 0.6 is 0 Å². The maximum Gasteiger partial charge on any atom is 0.0596 e. The normalized spacial score (nSPS) is 32.9. The Morgan fingerprint density at radius 3 is 2.60 bits per heavy atom. The van der Waals surface area contributed by atoms with Gasteiger partial charge in [0.25, 0.3) is 0 Å². The monoisotopic (exact) mass is 205 g/mol. The number of aliphatic hydroxyl groups is 1. The Balaban J connectivity index is 2.16. The van der Waals surface area contributed by atoms with Gasteiger partial charge in [0.1, 0.15) is 0 Å². The van der Waals surface area contributed by atoms with Gasteiger partial charge >= 0.3 is 0 Å². The Morgan fingerprint density at radius 2 is 1.93 bits per heavy atom. The van der Waals surface area contributed by atoms with E-state index in [1.165, 1.54) is 5.56 Å². The molecule has 1 saturated heterocycles. The average molecular weight is 205 g/mol. The van der Waals surface area contributed by atoms with Crippen LogP contribution in [0, 0.1) is 5.92 Å². The fourth-order valence-electron chi connectivity index (χ4n) is 2.41. The van der Waals surface area contributed by atoms with Crippen molar-refractivity contribution < 1.29 is 5.11 Å². The Labute approximate surface area is 91.5 Å². The van der Waals surface area contributed by atoms with Crippen molar-refractivity contribution in [2.45, 2.75) is 25.5 Å². The van der Waals surface area contributed by atoms with Crippen molar-refractivity contribution in [3.8, 4) is 0 Å². The molecule has 2 heteroatoms. The van der Waals surface area contributed by atoms with Gasteiger partial charge in [-0.25, -0.2) is 0 Å². The van der Waals surface area contributed by atoms with Gasteiger partial charge in [-0.05, 0) is 24.9 Å². The zero-order chi connectivity index (χ0) is 10.8. The fraction of sp³-hybridized carbons (Fsp3) is 0.538. The second-order valence-corrected chi connectivity index (χ2v) is 4.65. The van der Waals surface area contributed by atoms with E-state index in [0.717, 1.165) is 13.0 Å². The predicted molar refractivity (Wildman–Crippen MR) is 61.6 cm³/mol. The number of hydrogen-bond donors (Lipinski definition) is 1. The highest BCUT2D eigenvalue weighted by Gasteiger charge is 2.30. The molecule has 1 aromatic carbocycles. The van der Waals surface area contributed by atoms with Gasteiger partial charge in [0.05, 0.1) is 6.10 Å². The molecule has 82 valence electrons. The Kier molecular flexibility index (Phi) is 3.08. The molecule has 1 fully saturated rings. The van der Waals surface area contributed by atoms with Crippen molar-refractivity contribution >= 4 is 0 Å². The summed E-state index contributed by atoms with van der Waals surface area (Å²) in [6.07, 6.45) is 0.688. The SMILES string of the molecule is CC1CN(C)C(c2ccccc2)CC1O. The molecule has 1 aliphatic rings. The first-order valence-corrected chi connectivity index (χ1v) is 5.61. The number of piperidine rings is 1. The summed E-state index contributed by atoms with van der Waals surface area (Å²) >= 11 is 0. The van der Waals surface area contributed by atoms with Crippen LogP contribution < -0.4 is 0 Å². The lowest BCUT2D eigenvalue weighted by atomic mass is 9.88. The Bertz CT molecular complexity index is 312. The van der Waals surface area contributed by atoms with Gasteiger partial charge in [-0.1, -0.05) is 37.3 Å². The summed E-state index contributed by atoms with van der Waals surface area (Å²) in [7, 11) is 2.14. The molecular weight excluding hydrogens is 186 g/mol. The van der Waals surface area contributed by atoms with Gasteiger partial charge in [-0.2, -0.15) is 0 Å². The van der Waals surface area contributed by atoms with Crippen molar-refractivity contribution in [1.82, 2.24) is 4.90 Å². The average Bonchev–Trinajstić information content (AvgIpc) is 2.25. The third kappa shape index (κ3) is 2.21. The van der Waals surface area contributed by atoms with Crippen LogP contribution in [0.15, 0.2) is 30.3 Å². The highest BCUT2D eigenvalue weighted by molar-refractivity contribution is 5.19. The van der Waals surface area contributed by atoms with Gasteiger partial charge in [-0.3, -0.25) is 4.90 Å². The molecule has 2 rings (SSSR count). The summed E-state index contributed by atoms with van der Waals surface area (Å²) < 4.78 is 0. The molecule has 3 atom stereocenters. The zero-order valence-electron chi connectivity index (χ0n) is 9.43. The van der Waals surface area contributed by atoms with Crippen LogP contribution in [0.4, 0.5) is 0 Å². The van der Waals surface area contributed by atoms with E-state index in [2.05, 4.69) is 43.1 Å². The van der Waals surface area contributed by atoms with Gasteiger partial charge in [0, 0.05) is 12.6 Å². The van der Waals surface area contributed by atoms with Gasteiger partial charge < -0.3 is 5.11 Å². The van der Waals surface area contributed by atoms with E-state index in [1.807, 2.05) is 6.07 Å². The second-order valence-electron chi connectivity index (χ2n) is 4.65. The molecule has 0 bridgehead atoms. The number of nitrogens with zero attached hydrogens (tertiary/aromatic N) is 1. The van der Waals surface area contributed by atoms with Crippen molar-refractivity contribution in [3.63, 3.8) is 0 Å².